The van der Waals surface area contributed by atoms with Crippen molar-refractivity contribution in [3.8, 4) is 0 Å². The van der Waals surface area contributed by atoms with Gasteiger partial charge in [-0.15, -0.1) is 5.10 Å². The minimum absolute atomic E-state index is 0.641. The van der Waals surface area contributed by atoms with E-state index >= 15 is 0 Å². The Kier molecular flexibility index (Phi) is 1.94. The zero-order valence-corrected chi connectivity index (χ0v) is 7.25. The maximum Gasteiger partial charge on any atom is 0.148 e. The van der Waals surface area contributed by atoms with Crippen LogP contribution in [0.2, 0.25) is 0 Å². The molecule has 3 nitrogen and oxygen atoms in total. The van der Waals surface area contributed by atoms with Crippen molar-refractivity contribution in [2.45, 2.75) is 32.2 Å². The highest BCUT2D eigenvalue weighted by Gasteiger charge is 2.16. The molecular formula is C9H13N3. The number of nitrogens with one attached hydrogen (secondary N) is 1. The number of anilines is 1. The monoisotopic (exact) mass is 163 g/mol. The molecule has 0 spiro atoms. The maximum absolute atomic E-state index is 4.04. The Hall–Kier alpha value is -1.12. The third-order valence-electron chi connectivity index (χ3n) is 2.26. The number of aryl methyl sites for hydroxylation is 1. The molecule has 0 aliphatic heterocycles. The molecule has 1 aliphatic rings. The SMILES string of the molecule is Cc1ccc(NC2CCC2)nn1. The highest BCUT2D eigenvalue weighted by molar-refractivity contribution is 5.34. The summed E-state index contributed by atoms with van der Waals surface area (Å²) in [6, 6.07) is 4.61. The van der Waals surface area contributed by atoms with Gasteiger partial charge in [0.25, 0.3) is 0 Å². The van der Waals surface area contributed by atoms with Gasteiger partial charge in [0.05, 0.1) is 5.69 Å². The number of rotatable bonds is 2. The molecule has 64 valence electrons. The van der Waals surface area contributed by atoms with Crippen LogP contribution < -0.4 is 5.32 Å². The van der Waals surface area contributed by atoms with Crippen molar-refractivity contribution < 1.29 is 0 Å². The summed E-state index contributed by atoms with van der Waals surface area (Å²) in [5.41, 5.74) is 0.967. The number of hydrogen-bond donors (Lipinski definition) is 1. The van der Waals surface area contributed by atoms with Gasteiger partial charge in [0.15, 0.2) is 0 Å². The summed E-state index contributed by atoms with van der Waals surface area (Å²) in [4.78, 5) is 0. The predicted octanol–water partition coefficient (Wildman–Crippen LogP) is 1.75. The zero-order valence-electron chi connectivity index (χ0n) is 7.25. The fraction of sp³-hybridized carbons (Fsp3) is 0.556. The molecule has 1 N–H and O–H groups in total. The van der Waals surface area contributed by atoms with E-state index in [9.17, 15) is 0 Å². The first-order valence-electron chi connectivity index (χ1n) is 4.41. The van der Waals surface area contributed by atoms with Crippen molar-refractivity contribution in [3.05, 3.63) is 17.8 Å². The van der Waals surface area contributed by atoms with Gasteiger partial charge >= 0.3 is 0 Å². The largest absolute Gasteiger partial charge is 0.366 e. The third-order valence-corrected chi connectivity index (χ3v) is 2.26. The summed E-state index contributed by atoms with van der Waals surface area (Å²) >= 11 is 0. The Bertz CT molecular complexity index is 251. The molecule has 1 fully saturated rings. The Labute approximate surface area is 72.2 Å². The van der Waals surface area contributed by atoms with E-state index in [1.807, 2.05) is 19.1 Å². The molecule has 0 aromatic carbocycles. The highest BCUT2D eigenvalue weighted by Crippen LogP contribution is 2.21. The first kappa shape index (κ1) is 7.53. The molecule has 0 atom stereocenters. The van der Waals surface area contributed by atoms with Crippen molar-refractivity contribution >= 4 is 5.82 Å². The summed E-state index contributed by atoms with van der Waals surface area (Å²) in [6.07, 6.45) is 3.89. The lowest BCUT2D eigenvalue weighted by molar-refractivity contribution is 0.444. The van der Waals surface area contributed by atoms with Crippen molar-refractivity contribution in [1.82, 2.24) is 10.2 Å². The van der Waals surface area contributed by atoms with Crippen LogP contribution in [0.1, 0.15) is 25.0 Å². The minimum atomic E-state index is 0.641. The summed E-state index contributed by atoms with van der Waals surface area (Å²) in [5.74, 6) is 0.908. The van der Waals surface area contributed by atoms with Gasteiger partial charge in [0.2, 0.25) is 0 Å². The Balaban J connectivity index is 1.98. The van der Waals surface area contributed by atoms with Gasteiger partial charge in [-0.05, 0) is 38.3 Å². The lowest BCUT2D eigenvalue weighted by Gasteiger charge is -2.26. The lowest BCUT2D eigenvalue weighted by Crippen LogP contribution is -2.27. The molecule has 2 rings (SSSR count). The van der Waals surface area contributed by atoms with E-state index < -0.39 is 0 Å². The maximum atomic E-state index is 4.04. The number of nitrogens with zero attached hydrogens (tertiary/aromatic N) is 2. The molecule has 0 bridgehead atoms. The second-order valence-electron chi connectivity index (χ2n) is 3.33. The molecule has 1 heterocycles. The van der Waals surface area contributed by atoms with Crippen LogP contribution in [-0.4, -0.2) is 16.2 Å². The molecule has 3 heteroatoms. The van der Waals surface area contributed by atoms with Crippen LogP contribution in [0.25, 0.3) is 0 Å². The van der Waals surface area contributed by atoms with Gasteiger partial charge in [0, 0.05) is 6.04 Å². The van der Waals surface area contributed by atoms with Gasteiger partial charge in [-0.3, -0.25) is 0 Å². The van der Waals surface area contributed by atoms with Crippen LogP contribution in [0, 0.1) is 6.92 Å². The molecule has 12 heavy (non-hydrogen) atoms. The smallest absolute Gasteiger partial charge is 0.148 e. The molecule has 1 aromatic heterocycles. The van der Waals surface area contributed by atoms with E-state index in [1.165, 1.54) is 19.3 Å². The van der Waals surface area contributed by atoms with Crippen LogP contribution in [-0.2, 0) is 0 Å². The van der Waals surface area contributed by atoms with Crippen molar-refractivity contribution in [3.63, 3.8) is 0 Å². The molecule has 1 saturated carbocycles. The first-order chi connectivity index (χ1) is 5.84. The zero-order chi connectivity index (χ0) is 8.39. The second kappa shape index (κ2) is 3.09. The van der Waals surface area contributed by atoms with E-state index in [1.54, 1.807) is 0 Å². The normalized spacial score (nSPS) is 17.1. The van der Waals surface area contributed by atoms with E-state index in [0.29, 0.717) is 6.04 Å². The van der Waals surface area contributed by atoms with Crippen LogP contribution >= 0.6 is 0 Å². The van der Waals surface area contributed by atoms with Crippen LogP contribution in [0.15, 0.2) is 12.1 Å². The molecule has 0 saturated heterocycles. The van der Waals surface area contributed by atoms with E-state index in [0.717, 1.165) is 11.5 Å². The Morgan fingerprint density at radius 1 is 1.33 bits per heavy atom. The number of aromatic nitrogens is 2. The summed E-state index contributed by atoms with van der Waals surface area (Å²) < 4.78 is 0. The summed E-state index contributed by atoms with van der Waals surface area (Å²) in [7, 11) is 0. The topological polar surface area (TPSA) is 37.8 Å². The Morgan fingerprint density at radius 2 is 2.17 bits per heavy atom. The standard InChI is InChI=1S/C9H13N3/c1-7-5-6-9(12-11-7)10-8-3-2-4-8/h5-6,8H,2-4H2,1H3,(H,10,12). The first-order valence-corrected chi connectivity index (χ1v) is 4.41. The van der Waals surface area contributed by atoms with Crippen molar-refractivity contribution in [2.75, 3.05) is 5.32 Å². The molecular weight excluding hydrogens is 150 g/mol. The highest BCUT2D eigenvalue weighted by atomic mass is 15.2. The third kappa shape index (κ3) is 1.55. The van der Waals surface area contributed by atoms with Gasteiger partial charge in [0.1, 0.15) is 5.82 Å². The molecule has 0 unspecified atom stereocenters. The number of hydrogen-bond acceptors (Lipinski definition) is 3. The van der Waals surface area contributed by atoms with E-state index in [2.05, 4.69) is 15.5 Å². The Morgan fingerprint density at radius 3 is 2.67 bits per heavy atom. The van der Waals surface area contributed by atoms with Crippen molar-refractivity contribution in [1.29, 1.82) is 0 Å². The van der Waals surface area contributed by atoms with E-state index in [4.69, 9.17) is 0 Å². The lowest BCUT2D eigenvalue weighted by atomic mass is 9.93. The molecule has 1 aromatic rings. The van der Waals surface area contributed by atoms with Crippen molar-refractivity contribution in [2.24, 2.45) is 0 Å². The van der Waals surface area contributed by atoms with E-state index in [-0.39, 0.29) is 0 Å². The van der Waals surface area contributed by atoms with Crippen LogP contribution in [0.4, 0.5) is 5.82 Å². The summed E-state index contributed by atoms with van der Waals surface area (Å²) in [5, 5.41) is 11.3. The average molecular weight is 163 g/mol. The minimum Gasteiger partial charge on any atom is -0.366 e. The van der Waals surface area contributed by atoms with Gasteiger partial charge in [-0.1, -0.05) is 0 Å². The van der Waals surface area contributed by atoms with Crippen LogP contribution in [0.3, 0.4) is 0 Å². The molecule has 1 aliphatic carbocycles. The van der Waals surface area contributed by atoms with Crippen LogP contribution in [0.5, 0.6) is 0 Å². The fourth-order valence-corrected chi connectivity index (χ4v) is 1.24. The molecule has 0 radical (unpaired) electrons. The molecule has 0 amide bonds. The summed E-state index contributed by atoms with van der Waals surface area (Å²) in [6.45, 7) is 1.94. The average Bonchev–Trinajstić information content (AvgIpc) is 2.00. The quantitative estimate of drug-likeness (QED) is 0.721. The fourth-order valence-electron chi connectivity index (χ4n) is 1.24. The van der Waals surface area contributed by atoms with Gasteiger partial charge in [-0.25, -0.2) is 0 Å². The van der Waals surface area contributed by atoms with Gasteiger partial charge in [-0.2, -0.15) is 5.10 Å². The van der Waals surface area contributed by atoms with Gasteiger partial charge < -0.3 is 5.32 Å². The predicted molar refractivity (Wildman–Crippen MR) is 48.0 cm³/mol. The second-order valence-corrected chi connectivity index (χ2v) is 3.33.